The van der Waals surface area contributed by atoms with Gasteiger partial charge in [0.2, 0.25) is 0 Å². The van der Waals surface area contributed by atoms with E-state index in [0.29, 0.717) is 0 Å². The van der Waals surface area contributed by atoms with Crippen LogP contribution in [0, 0.1) is 0 Å². The summed E-state index contributed by atoms with van der Waals surface area (Å²) in [4.78, 5) is 0. The van der Waals surface area contributed by atoms with E-state index in [1.807, 2.05) is 0 Å². The molecule has 8 heteroatoms. The third-order valence-corrected chi connectivity index (χ3v) is 0. The zero-order valence-corrected chi connectivity index (χ0v) is 11.6. The van der Waals surface area contributed by atoms with Crippen LogP contribution in [-0.2, 0) is 0 Å². The van der Waals surface area contributed by atoms with Crippen LogP contribution in [0.1, 0.15) is 0 Å². The summed E-state index contributed by atoms with van der Waals surface area (Å²) in [7, 11) is 0.750. The molecule has 5 nitrogen and oxygen atoms in total. The Morgan fingerprint density at radius 2 is 0.778 bits per heavy atom. The van der Waals surface area contributed by atoms with Gasteiger partial charge in [-0.1, -0.05) is 0 Å². The fraction of sp³-hybridized carbons (Fsp3) is 1.00. The molecule has 0 aliphatic rings. The summed E-state index contributed by atoms with van der Waals surface area (Å²) >= 11 is -5.94. The van der Waals surface area contributed by atoms with Gasteiger partial charge in [0.25, 0.3) is 0 Å². The van der Waals surface area contributed by atoms with Crippen molar-refractivity contribution in [1.82, 2.24) is 0 Å². The molecule has 0 bridgehead atoms. The first-order valence-corrected chi connectivity index (χ1v) is 4.55. The van der Waals surface area contributed by atoms with Gasteiger partial charge in [0.05, 0.1) is 0 Å². The van der Waals surface area contributed by atoms with Gasteiger partial charge in [-0.15, -0.1) is 0 Å². The third-order valence-electron chi connectivity index (χ3n) is 0. The minimum Gasteiger partial charge on any atom is -0.857 e. The second-order valence-corrected chi connectivity index (χ2v) is 2.54. The summed E-state index contributed by atoms with van der Waals surface area (Å²) in [6, 6.07) is 0. The largest absolute Gasteiger partial charge is 1.00 e. The van der Waals surface area contributed by atoms with Crippen LogP contribution in [0.25, 0.3) is 0 Å². The van der Waals surface area contributed by atoms with E-state index in [1.54, 1.807) is 0 Å². The molecule has 0 amide bonds. The molecule has 0 spiro atoms. The molecular formula is CH3INa2O5. The maximum Gasteiger partial charge on any atom is 1.00 e. The maximum atomic E-state index is 8.62. The first-order valence-electron chi connectivity index (χ1n) is 1.03. The molecule has 46 valence electrons. The van der Waals surface area contributed by atoms with E-state index >= 15 is 0 Å². The molecule has 0 aromatic carbocycles. The Morgan fingerprint density at radius 3 is 0.778 bits per heavy atom. The smallest absolute Gasteiger partial charge is 0.857 e. The quantitative estimate of drug-likeness (QED) is 0.319. The molecule has 0 saturated heterocycles. The molecule has 0 atom stereocenters. The minimum absolute atomic E-state index is 0. The van der Waals surface area contributed by atoms with Gasteiger partial charge in [-0.2, -0.15) is 7.11 Å². The normalized spacial score (nSPS) is 7.33. The second kappa shape index (κ2) is 13.1. The molecule has 0 radical (unpaired) electrons. The van der Waals surface area contributed by atoms with Gasteiger partial charge in [0.15, 0.2) is 0 Å². The average Bonchev–Trinajstić information content (AvgIpc) is 1.36. The number of halogens is 1. The second-order valence-electron chi connectivity index (χ2n) is 0.378. The van der Waals surface area contributed by atoms with Crippen LogP contribution in [0.5, 0.6) is 0 Å². The molecule has 9 heavy (non-hydrogen) atoms. The van der Waals surface area contributed by atoms with Crippen molar-refractivity contribution in [1.29, 1.82) is 0 Å². The van der Waals surface area contributed by atoms with Gasteiger partial charge < -0.3 is 5.11 Å². The molecule has 0 unspecified atom stereocenters. The first kappa shape index (κ1) is 22.5. The minimum atomic E-state index is -5.94. The van der Waals surface area contributed by atoms with E-state index in [9.17, 15) is 0 Å². The van der Waals surface area contributed by atoms with Crippen LogP contribution in [0.3, 0.4) is 0 Å². The molecule has 0 rings (SSSR count). The summed E-state index contributed by atoms with van der Waals surface area (Å²) in [6.45, 7) is 0. The van der Waals surface area contributed by atoms with Crippen LogP contribution in [0.15, 0.2) is 0 Å². The van der Waals surface area contributed by atoms with Gasteiger partial charge in [0, 0.05) is 0 Å². The maximum absolute atomic E-state index is 8.62. The number of rotatable bonds is 0. The Labute approximate surface area is 103 Å². The van der Waals surface area contributed by atoms with E-state index in [0.717, 1.165) is 7.11 Å². The van der Waals surface area contributed by atoms with E-state index in [4.69, 9.17) is 18.9 Å². The van der Waals surface area contributed by atoms with Crippen molar-refractivity contribution < 1.29 is 98.1 Å². The fourth-order valence-corrected chi connectivity index (χ4v) is 0. The molecular weight excluding hydrogens is 265 g/mol. The summed E-state index contributed by atoms with van der Waals surface area (Å²) in [5.74, 6) is 0. The molecule has 0 heterocycles. The van der Waals surface area contributed by atoms with Gasteiger partial charge in [0.1, 0.15) is 20.1 Å². The van der Waals surface area contributed by atoms with Crippen LogP contribution >= 0.6 is 0 Å². The summed E-state index contributed by atoms with van der Waals surface area (Å²) in [5.41, 5.74) is 0. The standard InChI is InChI=1S/CH3O.IO4.2Na/c1-2;2-1(3,4)5;;/h1H3;;;/q2*-1;2*+1. The number of hydrogen-bond acceptors (Lipinski definition) is 5. The monoisotopic (exact) mass is 268 g/mol. The van der Waals surface area contributed by atoms with Crippen molar-refractivity contribution in [3.63, 3.8) is 0 Å². The van der Waals surface area contributed by atoms with Crippen LogP contribution in [0.4, 0.5) is 0 Å². The Kier molecular flexibility index (Phi) is 32.9. The van der Waals surface area contributed by atoms with Crippen molar-refractivity contribution in [2.24, 2.45) is 0 Å². The summed E-state index contributed by atoms with van der Waals surface area (Å²) < 4.78 is 34.5. The average molecular weight is 268 g/mol. The van der Waals surface area contributed by atoms with E-state index in [2.05, 4.69) is 0 Å². The molecule has 0 aromatic heterocycles. The predicted molar refractivity (Wildman–Crippen MR) is 5.92 cm³/mol. The van der Waals surface area contributed by atoms with E-state index < -0.39 is 20.1 Å². The Hall–Kier alpha value is 2.53. The topological polar surface area (TPSA) is 115 Å². The Morgan fingerprint density at radius 1 is 0.778 bits per heavy atom. The van der Waals surface area contributed by atoms with Crippen molar-refractivity contribution >= 4 is 0 Å². The van der Waals surface area contributed by atoms with Crippen LogP contribution in [-0.4, -0.2) is 7.11 Å². The molecule has 0 fully saturated rings. The van der Waals surface area contributed by atoms with Gasteiger partial charge in [-0.3, -0.25) is 13.7 Å². The number of hydrogen-bond donors (Lipinski definition) is 0. The van der Waals surface area contributed by atoms with Gasteiger partial charge in [-0.25, -0.2) is 0 Å². The summed E-state index contributed by atoms with van der Waals surface area (Å²) in [5, 5.41) is 8.25. The van der Waals surface area contributed by atoms with E-state index in [1.165, 1.54) is 0 Å². The third kappa shape index (κ3) is 120. The Bertz CT molecular complexity index is 30.4. The Balaban J connectivity index is -0.0000000286. The van der Waals surface area contributed by atoms with Crippen molar-refractivity contribution in [3.05, 3.63) is 0 Å². The van der Waals surface area contributed by atoms with Crippen molar-refractivity contribution in [2.45, 2.75) is 0 Å². The van der Waals surface area contributed by atoms with Crippen LogP contribution < -0.4 is 98.1 Å². The van der Waals surface area contributed by atoms with Gasteiger partial charge >= 0.3 is 59.1 Å². The zero-order valence-electron chi connectivity index (χ0n) is 5.42. The molecule has 0 saturated carbocycles. The van der Waals surface area contributed by atoms with Crippen molar-refractivity contribution in [2.75, 3.05) is 7.11 Å². The molecule has 0 aliphatic carbocycles. The molecule has 0 N–H and O–H groups in total. The van der Waals surface area contributed by atoms with Crippen LogP contribution in [0.2, 0.25) is 0 Å². The predicted octanol–water partition coefficient (Wildman–Crippen LogP) is -14.8. The molecule has 0 aromatic rings. The zero-order chi connectivity index (χ0) is 6.50. The fourth-order valence-electron chi connectivity index (χ4n) is 0. The van der Waals surface area contributed by atoms with Gasteiger partial charge in [-0.05, 0) is 0 Å². The molecule has 0 aliphatic heterocycles. The SMILES string of the molecule is C[O-].[Na+].[Na+].[O-][I+3]([O-])([O-])[O-]. The first-order chi connectivity index (χ1) is 3.00. The van der Waals surface area contributed by atoms with E-state index in [-0.39, 0.29) is 59.1 Å². The van der Waals surface area contributed by atoms with Crippen molar-refractivity contribution in [3.8, 4) is 0 Å². The summed E-state index contributed by atoms with van der Waals surface area (Å²) in [6.07, 6.45) is 0.